The molecule has 4 rings (SSSR count). The third-order valence-corrected chi connectivity index (χ3v) is 6.47. The third kappa shape index (κ3) is 5.58. The van der Waals surface area contributed by atoms with Gasteiger partial charge < -0.3 is 14.8 Å². The van der Waals surface area contributed by atoms with E-state index in [1.54, 1.807) is 11.8 Å². The van der Waals surface area contributed by atoms with Crippen molar-refractivity contribution in [3.63, 3.8) is 0 Å². The summed E-state index contributed by atoms with van der Waals surface area (Å²) in [6.45, 7) is 2.74. The van der Waals surface area contributed by atoms with E-state index in [1.165, 1.54) is 5.56 Å². The number of hydrogen-bond acceptors (Lipinski definition) is 5. The first-order valence-electron chi connectivity index (χ1n) is 10.2. The van der Waals surface area contributed by atoms with Gasteiger partial charge in [-0.05, 0) is 30.8 Å². The first-order valence-corrected chi connectivity index (χ1v) is 11.6. The molecule has 0 aliphatic heterocycles. The highest BCUT2D eigenvalue weighted by atomic mass is 35.5. The van der Waals surface area contributed by atoms with Crippen LogP contribution in [-0.4, -0.2) is 47.0 Å². The van der Waals surface area contributed by atoms with E-state index in [4.69, 9.17) is 11.6 Å². The van der Waals surface area contributed by atoms with E-state index in [-0.39, 0.29) is 0 Å². The fourth-order valence-corrected chi connectivity index (χ4v) is 4.66. The van der Waals surface area contributed by atoms with Crippen LogP contribution in [0, 0.1) is 0 Å². The average molecular weight is 452 g/mol. The second-order valence-corrected chi connectivity index (χ2v) is 8.93. The number of halogens is 1. The maximum atomic E-state index is 6.73. The lowest BCUT2D eigenvalue weighted by atomic mass is 10.2. The second-order valence-electron chi connectivity index (χ2n) is 7.58. The monoisotopic (exact) mass is 451 g/mol. The van der Waals surface area contributed by atoms with Crippen LogP contribution < -0.4 is 4.90 Å². The van der Waals surface area contributed by atoms with Crippen molar-refractivity contribution < 1.29 is 0 Å². The molecular weight excluding hydrogens is 426 g/mol. The molecule has 2 heterocycles. The summed E-state index contributed by atoms with van der Waals surface area (Å²) in [6, 6.07) is 20.5. The number of fused-ring (bicyclic) bond motifs is 1. The number of nitrogens with one attached hydrogen (secondary N) is 1. The number of aromatic nitrogens is 3. The Morgan fingerprint density at radius 1 is 0.968 bits per heavy atom. The number of aromatic amines is 1. The molecule has 160 valence electrons. The first-order chi connectivity index (χ1) is 15.1. The fourth-order valence-electron chi connectivity index (χ4n) is 3.42. The number of H-pyrrole nitrogens is 1. The molecular formula is C24H26ClN5S. The molecule has 4 aromatic rings. The van der Waals surface area contributed by atoms with Crippen LogP contribution in [0.1, 0.15) is 11.3 Å². The Morgan fingerprint density at radius 2 is 1.74 bits per heavy atom. The van der Waals surface area contributed by atoms with E-state index in [1.807, 2.05) is 42.6 Å². The molecule has 0 saturated carbocycles. The van der Waals surface area contributed by atoms with Gasteiger partial charge in [0.2, 0.25) is 0 Å². The normalized spacial score (nSPS) is 11.4. The number of benzene rings is 2. The Hall–Kier alpha value is -2.54. The van der Waals surface area contributed by atoms with Crippen LogP contribution in [0.2, 0.25) is 5.02 Å². The Balaban J connectivity index is 1.35. The van der Waals surface area contributed by atoms with Gasteiger partial charge in [0.1, 0.15) is 0 Å². The molecule has 1 N–H and O–H groups in total. The lowest BCUT2D eigenvalue weighted by molar-refractivity contribution is 0.334. The number of likely N-dealkylation sites (N-methyl/N-ethyl adjacent to an activating group) is 2. The van der Waals surface area contributed by atoms with Crippen molar-refractivity contribution in [2.45, 2.75) is 17.5 Å². The summed E-state index contributed by atoms with van der Waals surface area (Å²) < 4.78 is 0. The highest BCUT2D eigenvalue weighted by Crippen LogP contribution is 2.31. The van der Waals surface area contributed by atoms with Crippen LogP contribution in [0.5, 0.6) is 0 Å². The molecule has 7 heteroatoms. The molecule has 31 heavy (non-hydrogen) atoms. The molecule has 0 fully saturated rings. The summed E-state index contributed by atoms with van der Waals surface area (Å²) in [5.74, 6) is 0.661. The number of rotatable bonds is 9. The number of imidazole rings is 1. The molecule has 2 aromatic carbocycles. The molecule has 0 radical (unpaired) electrons. The molecule has 0 aliphatic carbocycles. The van der Waals surface area contributed by atoms with Crippen LogP contribution in [0.4, 0.5) is 5.69 Å². The summed E-state index contributed by atoms with van der Waals surface area (Å²) in [4.78, 5) is 17.0. The van der Waals surface area contributed by atoms with Gasteiger partial charge in [0.25, 0.3) is 0 Å². The van der Waals surface area contributed by atoms with Crippen molar-refractivity contribution in [2.75, 3.05) is 32.1 Å². The van der Waals surface area contributed by atoms with E-state index < -0.39 is 0 Å². The summed E-state index contributed by atoms with van der Waals surface area (Å²) in [5, 5.41) is 1.58. The van der Waals surface area contributed by atoms with E-state index in [0.717, 1.165) is 47.2 Å². The number of thioether (sulfide) groups is 1. The SMILES string of the molecule is CN(CCN(C)c1ccnc(CSc2nc3ccccc3[nH]2)c1Cl)Cc1ccccc1. The van der Waals surface area contributed by atoms with Gasteiger partial charge in [-0.3, -0.25) is 4.98 Å². The molecule has 0 saturated heterocycles. The summed E-state index contributed by atoms with van der Waals surface area (Å²) >= 11 is 8.34. The van der Waals surface area contributed by atoms with E-state index in [0.29, 0.717) is 10.8 Å². The summed E-state index contributed by atoms with van der Waals surface area (Å²) in [5.41, 5.74) is 5.20. The van der Waals surface area contributed by atoms with Crippen LogP contribution in [0.3, 0.4) is 0 Å². The Kier molecular flexibility index (Phi) is 7.12. The number of anilines is 1. The minimum absolute atomic E-state index is 0.661. The largest absolute Gasteiger partial charge is 0.372 e. The van der Waals surface area contributed by atoms with Gasteiger partial charge in [-0.15, -0.1) is 0 Å². The summed E-state index contributed by atoms with van der Waals surface area (Å²) in [7, 11) is 4.22. The van der Waals surface area contributed by atoms with Gasteiger partial charge in [-0.1, -0.05) is 65.8 Å². The zero-order chi connectivity index (χ0) is 21.6. The Labute approximate surface area is 192 Å². The minimum atomic E-state index is 0.661. The Bertz CT molecular complexity index is 1100. The van der Waals surface area contributed by atoms with Crippen LogP contribution in [0.25, 0.3) is 11.0 Å². The standard InChI is InChI=1S/C24H26ClN5S/c1-29(16-18-8-4-3-5-9-18)14-15-30(2)22-12-13-26-21(23(22)25)17-31-24-27-19-10-6-7-11-20(19)28-24/h3-13H,14-17H2,1-2H3,(H,27,28). The zero-order valence-electron chi connectivity index (χ0n) is 17.8. The van der Waals surface area contributed by atoms with Crippen LogP contribution in [-0.2, 0) is 12.3 Å². The van der Waals surface area contributed by atoms with Gasteiger partial charge in [-0.2, -0.15) is 0 Å². The van der Waals surface area contributed by atoms with Gasteiger partial charge >= 0.3 is 0 Å². The second kappa shape index (κ2) is 10.2. The zero-order valence-corrected chi connectivity index (χ0v) is 19.3. The van der Waals surface area contributed by atoms with E-state index in [9.17, 15) is 0 Å². The van der Waals surface area contributed by atoms with Gasteiger partial charge in [0.05, 0.1) is 27.4 Å². The number of para-hydroxylation sites is 2. The average Bonchev–Trinajstić information content (AvgIpc) is 3.20. The highest BCUT2D eigenvalue weighted by Gasteiger charge is 2.13. The molecule has 0 unspecified atom stereocenters. The number of hydrogen-bond donors (Lipinski definition) is 1. The van der Waals surface area contributed by atoms with Crippen LogP contribution in [0.15, 0.2) is 72.0 Å². The van der Waals surface area contributed by atoms with Crippen LogP contribution >= 0.6 is 23.4 Å². The summed E-state index contributed by atoms with van der Waals surface area (Å²) in [6.07, 6.45) is 1.83. The maximum absolute atomic E-state index is 6.73. The minimum Gasteiger partial charge on any atom is -0.372 e. The molecule has 2 aromatic heterocycles. The third-order valence-electron chi connectivity index (χ3n) is 5.18. The van der Waals surface area contributed by atoms with Crippen molar-refractivity contribution in [1.82, 2.24) is 19.9 Å². The molecule has 5 nitrogen and oxygen atoms in total. The van der Waals surface area contributed by atoms with Crippen molar-refractivity contribution in [3.8, 4) is 0 Å². The molecule has 0 atom stereocenters. The fraction of sp³-hybridized carbons (Fsp3) is 0.250. The quantitative estimate of drug-likeness (QED) is 0.342. The number of nitrogens with zero attached hydrogens (tertiary/aromatic N) is 4. The predicted molar refractivity (Wildman–Crippen MR) is 131 cm³/mol. The molecule has 0 aliphatic rings. The van der Waals surface area contributed by atoms with Crippen molar-refractivity contribution >= 4 is 40.1 Å². The van der Waals surface area contributed by atoms with Crippen molar-refractivity contribution in [3.05, 3.63) is 83.1 Å². The Morgan fingerprint density at radius 3 is 2.55 bits per heavy atom. The number of pyridine rings is 1. The van der Waals surface area contributed by atoms with Crippen molar-refractivity contribution in [2.24, 2.45) is 0 Å². The first kappa shape index (κ1) is 21.7. The highest BCUT2D eigenvalue weighted by molar-refractivity contribution is 7.98. The molecule has 0 spiro atoms. The van der Waals surface area contributed by atoms with E-state index in [2.05, 4.69) is 63.1 Å². The van der Waals surface area contributed by atoms with Gasteiger partial charge in [0.15, 0.2) is 5.16 Å². The van der Waals surface area contributed by atoms with Crippen molar-refractivity contribution in [1.29, 1.82) is 0 Å². The maximum Gasteiger partial charge on any atom is 0.166 e. The lowest BCUT2D eigenvalue weighted by Gasteiger charge is -2.25. The van der Waals surface area contributed by atoms with Gasteiger partial charge in [-0.25, -0.2) is 4.98 Å². The smallest absolute Gasteiger partial charge is 0.166 e. The molecule has 0 bridgehead atoms. The lowest BCUT2D eigenvalue weighted by Crippen LogP contribution is -2.30. The topological polar surface area (TPSA) is 48.1 Å². The predicted octanol–water partition coefficient (Wildman–Crippen LogP) is 5.47. The van der Waals surface area contributed by atoms with Gasteiger partial charge in [0, 0.05) is 38.6 Å². The van der Waals surface area contributed by atoms with E-state index >= 15 is 0 Å². The molecule has 0 amide bonds.